The van der Waals surface area contributed by atoms with Crippen LogP contribution in [0.4, 0.5) is 13.2 Å². The number of hydrogen-bond acceptors (Lipinski definition) is 3. The quantitative estimate of drug-likeness (QED) is 0.859. The van der Waals surface area contributed by atoms with E-state index in [9.17, 15) is 18.3 Å². The average molecular weight is 296 g/mol. The van der Waals surface area contributed by atoms with Crippen molar-refractivity contribution in [2.45, 2.75) is 32.4 Å². The van der Waals surface area contributed by atoms with Gasteiger partial charge in [0, 0.05) is 12.4 Å². The van der Waals surface area contributed by atoms with Gasteiger partial charge in [-0.15, -0.1) is 0 Å². The predicted molar refractivity (Wildman–Crippen MR) is 72.8 cm³/mol. The Morgan fingerprint density at radius 3 is 2.00 bits per heavy atom. The molecule has 0 atom stereocenters. The van der Waals surface area contributed by atoms with E-state index in [1.807, 2.05) is 20.8 Å². The van der Waals surface area contributed by atoms with Gasteiger partial charge < -0.3 is 5.11 Å². The molecule has 1 aromatic heterocycles. The Balaban J connectivity index is 2.47. The number of halogens is 3. The van der Waals surface area contributed by atoms with Gasteiger partial charge in [-0.1, -0.05) is 26.8 Å². The Morgan fingerprint density at radius 1 is 0.952 bits per heavy atom. The Kier molecular flexibility index (Phi) is 3.65. The number of alkyl halides is 3. The summed E-state index contributed by atoms with van der Waals surface area (Å²) in [4.78, 5) is 7.42. The topological polar surface area (TPSA) is 46.0 Å². The lowest BCUT2D eigenvalue weighted by atomic mass is 9.86. The van der Waals surface area contributed by atoms with Gasteiger partial charge in [0.15, 0.2) is 5.82 Å². The molecule has 0 bridgehead atoms. The second kappa shape index (κ2) is 5.02. The molecule has 21 heavy (non-hydrogen) atoms. The van der Waals surface area contributed by atoms with Crippen molar-refractivity contribution in [3.8, 4) is 17.1 Å². The second-order valence-corrected chi connectivity index (χ2v) is 5.78. The highest BCUT2D eigenvalue weighted by molar-refractivity contribution is 5.65. The number of nitrogens with zero attached hydrogens (tertiary/aromatic N) is 2. The molecule has 2 rings (SSSR count). The molecule has 0 aliphatic carbocycles. The van der Waals surface area contributed by atoms with Crippen molar-refractivity contribution < 1.29 is 18.3 Å². The molecule has 0 amide bonds. The van der Waals surface area contributed by atoms with Crippen LogP contribution >= 0.6 is 0 Å². The van der Waals surface area contributed by atoms with Crippen LogP contribution in [0.2, 0.25) is 0 Å². The number of hydrogen-bond donors (Lipinski definition) is 1. The number of phenols is 1. The van der Waals surface area contributed by atoms with E-state index in [-0.39, 0.29) is 17.0 Å². The predicted octanol–water partition coefficient (Wildman–Crippen LogP) is 4.17. The Morgan fingerprint density at radius 2 is 1.52 bits per heavy atom. The van der Waals surface area contributed by atoms with E-state index >= 15 is 0 Å². The van der Waals surface area contributed by atoms with Crippen molar-refractivity contribution in [1.82, 2.24) is 9.97 Å². The fraction of sp³-hybridized carbons (Fsp3) is 0.333. The van der Waals surface area contributed by atoms with Crippen LogP contribution in [0, 0.1) is 0 Å². The zero-order chi connectivity index (χ0) is 15.8. The first-order valence-corrected chi connectivity index (χ1v) is 6.32. The number of aromatic nitrogens is 2. The van der Waals surface area contributed by atoms with Gasteiger partial charge in [-0.25, -0.2) is 9.97 Å². The van der Waals surface area contributed by atoms with Gasteiger partial charge in [0.2, 0.25) is 0 Å². The molecule has 3 nitrogen and oxygen atoms in total. The van der Waals surface area contributed by atoms with Gasteiger partial charge in [-0.05, 0) is 23.1 Å². The van der Waals surface area contributed by atoms with Crippen LogP contribution in [0.1, 0.15) is 31.9 Å². The van der Waals surface area contributed by atoms with Crippen molar-refractivity contribution in [3.05, 3.63) is 41.7 Å². The van der Waals surface area contributed by atoms with Gasteiger partial charge in [-0.3, -0.25) is 0 Å². The van der Waals surface area contributed by atoms with E-state index in [0.29, 0.717) is 18.0 Å². The minimum Gasteiger partial charge on any atom is -0.507 e. The maximum Gasteiger partial charge on any atom is 0.419 e. The van der Waals surface area contributed by atoms with Crippen molar-refractivity contribution in [2.24, 2.45) is 0 Å². The van der Waals surface area contributed by atoms with E-state index < -0.39 is 11.7 Å². The van der Waals surface area contributed by atoms with Gasteiger partial charge >= 0.3 is 6.18 Å². The van der Waals surface area contributed by atoms with Crippen molar-refractivity contribution in [3.63, 3.8) is 0 Å². The largest absolute Gasteiger partial charge is 0.507 e. The first-order chi connectivity index (χ1) is 9.59. The summed E-state index contributed by atoms with van der Waals surface area (Å²) in [7, 11) is 0. The summed E-state index contributed by atoms with van der Waals surface area (Å²) >= 11 is 0. The zero-order valence-electron chi connectivity index (χ0n) is 11.9. The normalized spacial score (nSPS) is 12.5. The Labute approximate surface area is 120 Å². The fourth-order valence-corrected chi connectivity index (χ4v) is 1.80. The molecule has 6 heteroatoms. The summed E-state index contributed by atoms with van der Waals surface area (Å²) in [6.07, 6.45) is -3.05. The maximum atomic E-state index is 12.5. The third-order valence-electron chi connectivity index (χ3n) is 3.08. The number of rotatable bonds is 1. The van der Waals surface area contributed by atoms with E-state index in [2.05, 4.69) is 9.97 Å². The molecule has 0 aliphatic heterocycles. The Hall–Kier alpha value is -2.11. The first kappa shape index (κ1) is 15.3. The number of benzene rings is 1. The SMILES string of the molecule is CC(C)(C)c1ccc(O)c(-c2ncc(C(F)(F)F)cn2)c1. The van der Waals surface area contributed by atoms with Crippen LogP contribution in [-0.2, 0) is 11.6 Å². The van der Waals surface area contributed by atoms with Crippen LogP contribution < -0.4 is 0 Å². The van der Waals surface area contributed by atoms with Crippen molar-refractivity contribution in [2.75, 3.05) is 0 Å². The van der Waals surface area contributed by atoms with E-state index in [1.54, 1.807) is 12.1 Å². The first-order valence-electron chi connectivity index (χ1n) is 6.32. The molecule has 0 fully saturated rings. The van der Waals surface area contributed by atoms with Crippen LogP contribution in [0.5, 0.6) is 5.75 Å². The molecule has 0 aliphatic rings. The minimum atomic E-state index is -4.48. The van der Waals surface area contributed by atoms with E-state index in [4.69, 9.17) is 0 Å². The zero-order valence-corrected chi connectivity index (χ0v) is 11.9. The molecular formula is C15H15F3N2O. The second-order valence-electron chi connectivity index (χ2n) is 5.78. The third kappa shape index (κ3) is 3.32. The van der Waals surface area contributed by atoms with Gasteiger partial charge in [0.25, 0.3) is 0 Å². The minimum absolute atomic E-state index is 0.0617. The molecule has 0 saturated carbocycles. The van der Waals surface area contributed by atoms with Crippen molar-refractivity contribution >= 4 is 0 Å². The maximum absolute atomic E-state index is 12.5. The highest BCUT2D eigenvalue weighted by Gasteiger charge is 2.31. The van der Waals surface area contributed by atoms with Crippen LogP contribution in [-0.4, -0.2) is 15.1 Å². The van der Waals surface area contributed by atoms with E-state index in [0.717, 1.165) is 5.56 Å². The molecule has 0 spiro atoms. The lowest BCUT2D eigenvalue weighted by molar-refractivity contribution is -0.138. The Bertz CT molecular complexity index is 643. The van der Waals surface area contributed by atoms with Crippen LogP contribution in [0.15, 0.2) is 30.6 Å². The van der Waals surface area contributed by atoms with Gasteiger partial charge in [0.05, 0.1) is 11.1 Å². The molecule has 1 heterocycles. The number of aromatic hydroxyl groups is 1. The molecular weight excluding hydrogens is 281 g/mol. The van der Waals surface area contributed by atoms with Crippen molar-refractivity contribution in [1.29, 1.82) is 0 Å². The number of phenolic OH excluding ortho intramolecular Hbond substituents is 1. The van der Waals surface area contributed by atoms with Crippen LogP contribution in [0.25, 0.3) is 11.4 Å². The highest BCUT2D eigenvalue weighted by Crippen LogP contribution is 2.33. The lowest BCUT2D eigenvalue weighted by Gasteiger charge is -2.20. The molecule has 0 saturated heterocycles. The third-order valence-corrected chi connectivity index (χ3v) is 3.08. The highest BCUT2D eigenvalue weighted by atomic mass is 19.4. The molecule has 0 unspecified atom stereocenters. The van der Waals surface area contributed by atoms with Crippen LogP contribution in [0.3, 0.4) is 0 Å². The van der Waals surface area contributed by atoms with Gasteiger partial charge in [-0.2, -0.15) is 13.2 Å². The summed E-state index contributed by atoms with van der Waals surface area (Å²) in [5, 5.41) is 9.88. The summed E-state index contributed by atoms with van der Waals surface area (Å²) in [5.41, 5.74) is 0.168. The molecule has 1 N–H and O–H groups in total. The van der Waals surface area contributed by atoms with E-state index in [1.165, 1.54) is 6.07 Å². The summed E-state index contributed by atoms with van der Waals surface area (Å²) in [5.74, 6) is -0.00522. The molecule has 1 aromatic carbocycles. The summed E-state index contributed by atoms with van der Waals surface area (Å²) < 4.78 is 37.5. The smallest absolute Gasteiger partial charge is 0.419 e. The fourth-order valence-electron chi connectivity index (χ4n) is 1.80. The van der Waals surface area contributed by atoms with Gasteiger partial charge in [0.1, 0.15) is 5.75 Å². The molecule has 2 aromatic rings. The standard InChI is InChI=1S/C15H15F3N2O/c1-14(2,3)9-4-5-12(21)11(6-9)13-19-7-10(8-20-13)15(16,17)18/h4-8,21H,1-3H3. The lowest BCUT2D eigenvalue weighted by Crippen LogP contribution is -2.11. The summed E-state index contributed by atoms with van der Waals surface area (Å²) in [6, 6.07) is 4.96. The molecule has 0 radical (unpaired) electrons. The molecule has 112 valence electrons. The average Bonchev–Trinajstić information content (AvgIpc) is 2.37. The summed E-state index contributed by atoms with van der Waals surface area (Å²) in [6.45, 7) is 5.99. The monoisotopic (exact) mass is 296 g/mol.